The van der Waals surface area contributed by atoms with Crippen molar-refractivity contribution in [3.8, 4) is 11.3 Å². The average Bonchev–Trinajstić information content (AvgIpc) is 2.88. The van der Waals surface area contributed by atoms with Gasteiger partial charge in [-0.15, -0.1) is 11.3 Å². The molecule has 0 atom stereocenters. The molecule has 2 N–H and O–H groups in total. The second-order valence-corrected chi connectivity index (χ2v) is 6.67. The maximum absolute atomic E-state index is 6.29. The number of nitrogens with two attached hydrogens (primary N) is 1. The molecular weight excluding hydrogens is 266 g/mol. The molecule has 0 unspecified atom stereocenters. The number of anilines is 1. The Morgan fingerprint density at radius 2 is 1.80 bits per heavy atom. The van der Waals surface area contributed by atoms with Crippen LogP contribution in [0.3, 0.4) is 0 Å². The predicted molar refractivity (Wildman–Crippen MR) is 86.5 cm³/mol. The van der Waals surface area contributed by atoms with Gasteiger partial charge in [-0.25, -0.2) is 4.98 Å². The molecule has 20 heavy (non-hydrogen) atoms. The molecule has 3 rings (SSSR count). The molecule has 0 amide bonds. The molecule has 0 aliphatic carbocycles. The van der Waals surface area contributed by atoms with Gasteiger partial charge in [0.05, 0.1) is 0 Å². The predicted octanol–water partition coefficient (Wildman–Crippen LogP) is 4.39. The van der Waals surface area contributed by atoms with Gasteiger partial charge in [0.25, 0.3) is 0 Å². The summed E-state index contributed by atoms with van der Waals surface area (Å²) in [4.78, 5) is 6.93. The van der Waals surface area contributed by atoms with Crippen LogP contribution < -0.4 is 5.73 Å². The van der Waals surface area contributed by atoms with E-state index in [4.69, 9.17) is 10.7 Å². The van der Waals surface area contributed by atoms with Crippen molar-refractivity contribution in [1.82, 2.24) is 9.38 Å². The Labute approximate surface area is 123 Å². The quantitative estimate of drug-likeness (QED) is 0.759. The smallest absolute Gasteiger partial charge is 0.196 e. The van der Waals surface area contributed by atoms with Gasteiger partial charge in [-0.05, 0) is 25.3 Å². The fraction of sp³-hybridized carbons (Fsp3) is 0.312. The highest BCUT2D eigenvalue weighted by atomic mass is 32.1. The van der Waals surface area contributed by atoms with Crippen molar-refractivity contribution in [2.24, 2.45) is 0 Å². The summed E-state index contributed by atoms with van der Waals surface area (Å²) in [5.41, 5.74) is 10.8. The van der Waals surface area contributed by atoms with E-state index in [2.05, 4.69) is 52.0 Å². The van der Waals surface area contributed by atoms with Crippen LogP contribution in [0, 0.1) is 13.8 Å². The number of hydrogen-bond donors (Lipinski definition) is 1. The number of aryl methyl sites for hydroxylation is 2. The number of imidazole rings is 1. The van der Waals surface area contributed by atoms with Crippen LogP contribution in [-0.2, 0) is 0 Å². The lowest BCUT2D eigenvalue weighted by molar-refractivity contribution is 0.867. The van der Waals surface area contributed by atoms with Crippen LogP contribution in [0.4, 0.5) is 5.82 Å². The zero-order chi connectivity index (χ0) is 14.4. The van der Waals surface area contributed by atoms with Gasteiger partial charge in [0.1, 0.15) is 11.5 Å². The van der Waals surface area contributed by atoms with Crippen LogP contribution in [0.1, 0.15) is 35.9 Å². The van der Waals surface area contributed by atoms with Crippen molar-refractivity contribution in [3.63, 3.8) is 0 Å². The number of rotatable bonds is 2. The number of aromatic nitrogens is 2. The molecule has 0 saturated carbocycles. The minimum absolute atomic E-state index is 0.539. The highest BCUT2D eigenvalue weighted by molar-refractivity contribution is 7.17. The Balaban J connectivity index is 2.12. The normalized spacial score (nSPS) is 11.7. The average molecular weight is 285 g/mol. The number of thiazole rings is 1. The van der Waals surface area contributed by atoms with E-state index in [1.54, 1.807) is 11.3 Å². The zero-order valence-electron chi connectivity index (χ0n) is 12.3. The first kappa shape index (κ1) is 13.2. The molecule has 4 heteroatoms. The van der Waals surface area contributed by atoms with Gasteiger partial charge in [0, 0.05) is 16.1 Å². The zero-order valence-corrected chi connectivity index (χ0v) is 13.1. The number of hydrogen-bond acceptors (Lipinski definition) is 3. The molecule has 0 radical (unpaired) electrons. The topological polar surface area (TPSA) is 43.3 Å². The summed E-state index contributed by atoms with van der Waals surface area (Å²) in [6, 6.07) is 8.54. The number of fused-ring (bicyclic) bond motifs is 1. The van der Waals surface area contributed by atoms with Gasteiger partial charge in [0.15, 0.2) is 4.96 Å². The summed E-state index contributed by atoms with van der Waals surface area (Å²) in [7, 11) is 0. The molecule has 3 aromatic rings. The summed E-state index contributed by atoms with van der Waals surface area (Å²) in [5, 5.41) is 0. The van der Waals surface area contributed by atoms with Gasteiger partial charge in [-0.2, -0.15) is 0 Å². The summed E-state index contributed by atoms with van der Waals surface area (Å²) in [5.74, 6) is 1.27. The molecule has 0 fully saturated rings. The van der Waals surface area contributed by atoms with Gasteiger partial charge >= 0.3 is 0 Å². The number of nitrogens with zero attached hydrogens (tertiary/aromatic N) is 2. The van der Waals surface area contributed by atoms with Gasteiger partial charge in [-0.1, -0.05) is 38.1 Å². The Bertz CT molecular complexity index is 763. The van der Waals surface area contributed by atoms with Crippen molar-refractivity contribution in [1.29, 1.82) is 0 Å². The summed E-state index contributed by atoms with van der Waals surface area (Å²) >= 11 is 1.69. The Morgan fingerprint density at radius 3 is 2.35 bits per heavy atom. The lowest BCUT2D eigenvalue weighted by atomic mass is 10.0. The van der Waals surface area contributed by atoms with Crippen molar-refractivity contribution < 1.29 is 0 Å². The Kier molecular flexibility index (Phi) is 3.05. The third kappa shape index (κ3) is 1.91. The summed E-state index contributed by atoms with van der Waals surface area (Å²) in [6.07, 6.45) is 0. The molecule has 0 saturated heterocycles. The second-order valence-electron chi connectivity index (χ2n) is 5.48. The van der Waals surface area contributed by atoms with Gasteiger partial charge in [-0.3, -0.25) is 4.40 Å². The van der Waals surface area contributed by atoms with E-state index in [0.29, 0.717) is 5.92 Å². The van der Waals surface area contributed by atoms with E-state index in [-0.39, 0.29) is 0 Å². The monoisotopic (exact) mass is 285 g/mol. The lowest BCUT2D eigenvalue weighted by Gasteiger charge is -2.06. The van der Waals surface area contributed by atoms with E-state index >= 15 is 0 Å². The highest BCUT2D eigenvalue weighted by Crippen LogP contribution is 2.32. The molecule has 2 heterocycles. The van der Waals surface area contributed by atoms with Crippen LogP contribution in [0.15, 0.2) is 24.3 Å². The first-order chi connectivity index (χ1) is 9.49. The highest BCUT2D eigenvalue weighted by Gasteiger charge is 2.16. The first-order valence-electron chi connectivity index (χ1n) is 6.83. The minimum atomic E-state index is 0.539. The fourth-order valence-electron chi connectivity index (χ4n) is 2.41. The molecule has 104 valence electrons. The van der Waals surface area contributed by atoms with E-state index in [0.717, 1.165) is 22.0 Å². The molecule has 0 aliphatic heterocycles. The molecule has 0 spiro atoms. The standard InChI is InChI=1S/C16H19N3S/c1-9(2)12-5-7-13(8-6-12)14-15(17)19-10(3)11(4)20-16(19)18-14/h5-9H,17H2,1-4H3. The van der Waals surface area contributed by atoms with Crippen LogP contribution in [-0.4, -0.2) is 9.38 Å². The van der Waals surface area contributed by atoms with E-state index in [1.807, 2.05) is 4.40 Å². The first-order valence-corrected chi connectivity index (χ1v) is 7.65. The van der Waals surface area contributed by atoms with Crippen LogP contribution in [0.25, 0.3) is 16.2 Å². The maximum Gasteiger partial charge on any atom is 0.196 e. The number of benzene rings is 1. The maximum atomic E-state index is 6.29. The molecule has 1 aromatic carbocycles. The third-order valence-corrected chi connectivity index (χ3v) is 4.88. The Morgan fingerprint density at radius 1 is 1.15 bits per heavy atom. The largest absolute Gasteiger partial charge is 0.383 e. The molecule has 0 bridgehead atoms. The summed E-state index contributed by atoms with van der Waals surface area (Å²) < 4.78 is 2.05. The molecule has 3 nitrogen and oxygen atoms in total. The second kappa shape index (κ2) is 4.63. The van der Waals surface area contributed by atoms with Crippen LogP contribution >= 0.6 is 11.3 Å². The fourth-order valence-corrected chi connectivity index (χ4v) is 3.39. The lowest BCUT2D eigenvalue weighted by Crippen LogP contribution is -1.96. The van der Waals surface area contributed by atoms with Gasteiger partial charge in [0.2, 0.25) is 0 Å². The van der Waals surface area contributed by atoms with E-state index < -0.39 is 0 Å². The van der Waals surface area contributed by atoms with Crippen molar-refractivity contribution in [2.45, 2.75) is 33.6 Å². The van der Waals surface area contributed by atoms with Crippen molar-refractivity contribution in [3.05, 3.63) is 40.4 Å². The Hall–Kier alpha value is -1.81. The van der Waals surface area contributed by atoms with Crippen molar-refractivity contribution >= 4 is 22.1 Å². The van der Waals surface area contributed by atoms with E-state index in [1.165, 1.54) is 16.1 Å². The number of nitrogen functional groups attached to an aromatic ring is 1. The van der Waals surface area contributed by atoms with Crippen LogP contribution in [0.5, 0.6) is 0 Å². The third-order valence-electron chi connectivity index (χ3n) is 3.82. The van der Waals surface area contributed by atoms with Crippen molar-refractivity contribution in [2.75, 3.05) is 5.73 Å². The molecular formula is C16H19N3S. The van der Waals surface area contributed by atoms with E-state index in [9.17, 15) is 0 Å². The molecule has 0 aliphatic rings. The van der Waals surface area contributed by atoms with Gasteiger partial charge < -0.3 is 5.73 Å². The minimum Gasteiger partial charge on any atom is -0.383 e. The SMILES string of the molecule is Cc1sc2nc(-c3ccc(C(C)C)cc3)c(N)n2c1C. The van der Waals surface area contributed by atoms with Crippen LogP contribution in [0.2, 0.25) is 0 Å². The molecule has 2 aromatic heterocycles. The summed E-state index contributed by atoms with van der Waals surface area (Å²) in [6.45, 7) is 8.58.